The zero-order valence-corrected chi connectivity index (χ0v) is 14.6. The molecule has 3 rings (SSSR count). The van der Waals surface area contributed by atoms with E-state index < -0.39 is 0 Å². The van der Waals surface area contributed by atoms with Crippen LogP contribution in [0.3, 0.4) is 0 Å². The smallest absolute Gasteiger partial charge is 0.228 e. The van der Waals surface area contributed by atoms with Crippen molar-refractivity contribution in [2.75, 3.05) is 11.9 Å². The maximum Gasteiger partial charge on any atom is 0.228 e. The first kappa shape index (κ1) is 18.4. The summed E-state index contributed by atoms with van der Waals surface area (Å²) in [5.74, 6) is 0.793. The fourth-order valence-corrected chi connectivity index (χ4v) is 2.94. The lowest BCUT2D eigenvalue weighted by Gasteiger charge is -2.26. The highest BCUT2D eigenvalue weighted by Gasteiger charge is 2.25. The van der Waals surface area contributed by atoms with Gasteiger partial charge in [-0.2, -0.15) is 5.10 Å². The minimum atomic E-state index is 0. The standard InChI is InChI=1S/C17H23N5O.ClH/c1-13-12-15(4-9-19-13)17(23)20-16-6-11-22(21-16)10-5-14-2-7-18-8-3-14;/h2-3,6-8,11,13,15,19H,4-5,9-10,12H2,1H3,(H,20,21,23);1H/t13-,15-;/m0./s1. The molecule has 0 unspecified atom stereocenters. The SMILES string of the molecule is C[C@H]1C[C@@H](C(=O)Nc2ccn(CCc3ccncc3)n2)CCN1.Cl. The van der Waals surface area contributed by atoms with Crippen molar-refractivity contribution in [3.05, 3.63) is 42.4 Å². The summed E-state index contributed by atoms with van der Waals surface area (Å²) in [6, 6.07) is 6.27. The number of aryl methyl sites for hydroxylation is 2. The second-order valence-electron chi connectivity index (χ2n) is 6.14. The molecule has 3 heterocycles. The van der Waals surface area contributed by atoms with Crippen molar-refractivity contribution in [3.63, 3.8) is 0 Å². The zero-order valence-electron chi connectivity index (χ0n) is 13.8. The number of nitrogens with one attached hydrogen (secondary N) is 2. The lowest BCUT2D eigenvalue weighted by Crippen LogP contribution is -2.40. The van der Waals surface area contributed by atoms with Crippen molar-refractivity contribution >= 4 is 24.1 Å². The molecule has 1 amide bonds. The van der Waals surface area contributed by atoms with Crippen LogP contribution in [0.4, 0.5) is 5.82 Å². The fourth-order valence-electron chi connectivity index (χ4n) is 2.94. The molecule has 130 valence electrons. The topological polar surface area (TPSA) is 71.8 Å². The number of anilines is 1. The van der Waals surface area contributed by atoms with Crippen molar-refractivity contribution in [2.24, 2.45) is 5.92 Å². The molecular formula is C17H24ClN5O. The van der Waals surface area contributed by atoms with E-state index in [1.807, 2.05) is 29.1 Å². The van der Waals surface area contributed by atoms with Gasteiger partial charge < -0.3 is 10.6 Å². The Morgan fingerprint density at radius 2 is 2.17 bits per heavy atom. The Balaban J connectivity index is 0.00000208. The van der Waals surface area contributed by atoms with Gasteiger partial charge in [-0.25, -0.2) is 0 Å². The maximum absolute atomic E-state index is 12.3. The number of aromatic nitrogens is 3. The highest BCUT2D eigenvalue weighted by Crippen LogP contribution is 2.18. The van der Waals surface area contributed by atoms with E-state index in [-0.39, 0.29) is 24.2 Å². The molecule has 1 saturated heterocycles. The number of hydrogen-bond acceptors (Lipinski definition) is 4. The van der Waals surface area contributed by atoms with E-state index in [9.17, 15) is 4.79 Å². The van der Waals surface area contributed by atoms with Gasteiger partial charge in [-0.05, 0) is 50.4 Å². The quantitative estimate of drug-likeness (QED) is 0.868. The van der Waals surface area contributed by atoms with Crippen LogP contribution < -0.4 is 10.6 Å². The molecule has 7 heteroatoms. The Kier molecular flexibility index (Phi) is 6.75. The van der Waals surface area contributed by atoms with Crippen LogP contribution in [-0.4, -0.2) is 33.3 Å². The third kappa shape index (κ3) is 5.04. The van der Waals surface area contributed by atoms with Gasteiger partial charge in [-0.15, -0.1) is 12.4 Å². The normalized spacial score (nSPS) is 20.2. The number of carbonyl (C=O) groups excluding carboxylic acids is 1. The summed E-state index contributed by atoms with van der Waals surface area (Å²) in [5.41, 5.74) is 1.23. The van der Waals surface area contributed by atoms with E-state index in [0.717, 1.165) is 32.4 Å². The number of carbonyl (C=O) groups is 1. The number of halogens is 1. The third-order valence-corrected chi connectivity index (χ3v) is 4.27. The van der Waals surface area contributed by atoms with Crippen molar-refractivity contribution in [3.8, 4) is 0 Å². The molecule has 0 spiro atoms. The zero-order chi connectivity index (χ0) is 16.1. The molecule has 2 N–H and O–H groups in total. The first-order chi connectivity index (χ1) is 11.2. The van der Waals surface area contributed by atoms with Crippen LogP contribution in [0, 0.1) is 5.92 Å². The van der Waals surface area contributed by atoms with Gasteiger partial charge in [0.1, 0.15) is 0 Å². The molecule has 1 aliphatic heterocycles. The predicted molar refractivity (Wildman–Crippen MR) is 96.2 cm³/mol. The van der Waals surface area contributed by atoms with Crippen molar-refractivity contribution in [2.45, 2.75) is 38.8 Å². The highest BCUT2D eigenvalue weighted by atomic mass is 35.5. The van der Waals surface area contributed by atoms with Crippen LogP contribution in [0.15, 0.2) is 36.8 Å². The molecule has 1 fully saturated rings. The molecule has 0 saturated carbocycles. The number of hydrogen-bond donors (Lipinski definition) is 2. The molecule has 0 radical (unpaired) electrons. The number of amides is 1. The van der Waals surface area contributed by atoms with Gasteiger partial charge in [0.05, 0.1) is 0 Å². The van der Waals surface area contributed by atoms with E-state index >= 15 is 0 Å². The van der Waals surface area contributed by atoms with Crippen molar-refractivity contribution in [1.82, 2.24) is 20.1 Å². The Bertz CT molecular complexity index is 645. The second-order valence-corrected chi connectivity index (χ2v) is 6.14. The Morgan fingerprint density at radius 1 is 1.38 bits per heavy atom. The minimum absolute atomic E-state index is 0. The number of pyridine rings is 1. The van der Waals surface area contributed by atoms with Gasteiger partial charge in [-0.1, -0.05) is 0 Å². The molecule has 0 aliphatic carbocycles. The average Bonchev–Trinajstić information content (AvgIpc) is 3.01. The first-order valence-corrected chi connectivity index (χ1v) is 8.17. The Morgan fingerprint density at radius 3 is 2.92 bits per heavy atom. The summed E-state index contributed by atoms with van der Waals surface area (Å²) in [6.07, 6.45) is 8.16. The van der Waals surface area contributed by atoms with Crippen LogP contribution in [0.5, 0.6) is 0 Å². The van der Waals surface area contributed by atoms with Crippen LogP contribution in [0.2, 0.25) is 0 Å². The molecule has 2 atom stereocenters. The number of nitrogens with zero attached hydrogens (tertiary/aromatic N) is 3. The van der Waals surface area contributed by atoms with Crippen molar-refractivity contribution < 1.29 is 4.79 Å². The summed E-state index contributed by atoms with van der Waals surface area (Å²) < 4.78 is 1.86. The molecule has 2 aromatic rings. The van der Waals surface area contributed by atoms with E-state index in [2.05, 4.69) is 27.6 Å². The maximum atomic E-state index is 12.3. The summed E-state index contributed by atoms with van der Waals surface area (Å²) in [6.45, 7) is 3.80. The molecular weight excluding hydrogens is 326 g/mol. The molecule has 1 aliphatic rings. The first-order valence-electron chi connectivity index (χ1n) is 8.17. The Hall–Kier alpha value is -1.92. The van der Waals surface area contributed by atoms with E-state index in [1.165, 1.54) is 5.56 Å². The van der Waals surface area contributed by atoms with E-state index in [1.54, 1.807) is 12.4 Å². The summed E-state index contributed by atoms with van der Waals surface area (Å²) in [5, 5.41) is 10.7. The van der Waals surface area contributed by atoms with Crippen LogP contribution in [0.25, 0.3) is 0 Å². The predicted octanol–water partition coefficient (Wildman–Crippen LogP) is 2.27. The average molecular weight is 350 g/mol. The lowest BCUT2D eigenvalue weighted by molar-refractivity contribution is -0.120. The van der Waals surface area contributed by atoms with Crippen LogP contribution >= 0.6 is 12.4 Å². The third-order valence-electron chi connectivity index (χ3n) is 4.27. The van der Waals surface area contributed by atoms with Crippen LogP contribution in [0.1, 0.15) is 25.3 Å². The van der Waals surface area contributed by atoms with Gasteiger partial charge in [0.2, 0.25) is 5.91 Å². The second kappa shape index (κ2) is 8.80. The molecule has 6 nitrogen and oxygen atoms in total. The number of rotatable bonds is 5. The molecule has 0 bridgehead atoms. The van der Waals surface area contributed by atoms with Gasteiger partial charge in [0.25, 0.3) is 0 Å². The molecule has 24 heavy (non-hydrogen) atoms. The molecule has 0 aromatic carbocycles. The fraction of sp³-hybridized carbons (Fsp3) is 0.471. The number of piperidine rings is 1. The summed E-state index contributed by atoms with van der Waals surface area (Å²) in [4.78, 5) is 16.3. The van der Waals surface area contributed by atoms with Gasteiger partial charge in [-0.3, -0.25) is 14.5 Å². The van der Waals surface area contributed by atoms with Crippen molar-refractivity contribution in [1.29, 1.82) is 0 Å². The summed E-state index contributed by atoms with van der Waals surface area (Å²) >= 11 is 0. The monoisotopic (exact) mass is 349 g/mol. The summed E-state index contributed by atoms with van der Waals surface area (Å²) in [7, 11) is 0. The van der Waals surface area contributed by atoms with Gasteiger partial charge >= 0.3 is 0 Å². The van der Waals surface area contributed by atoms with Gasteiger partial charge in [0, 0.05) is 43.2 Å². The lowest BCUT2D eigenvalue weighted by atomic mass is 9.92. The highest BCUT2D eigenvalue weighted by molar-refractivity contribution is 5.91. The Labute approximate surface area is 148 Å². The van der Waals surface area contributed by atoms with Crippen LogP contribution in [-0.2, 0) is 17.8 Å². The molecule has 2 aromatic heterocycles. The minimum Gasteiger partial charge on any atom is -0.314 e. The van der Waals surface area contributed by atoms with Gasteiger partial charge in [0.15, 0.2) is 5.82 Å². The largest absolute Gasteiger partial charge is 0.314 e. The van der Waals surface area contributed by atoms with E-state index in [4.69, 9.17) is 0 Å². The van der Waals surface area contributed by atoms with E-state index in [0.29, 0.717) is 11.9 Å².